The molecule has 2 unspecified atom stereocenters. The molecule has 1 aliphatic heterocycles. The largest absolute Gasteiger partial charge is 0.433 e. The smallest absolute Gasteiger partial charge is 0.393 e. The Balaban J connectivity index is 2.21. The fourth-order valence-corrected chi connectivity index (χ4v) is 3.56. The number of aliphatic hydroxyl groups excluding tert-OH is 1. The first kappa shape index (κ1) is 16.6. The highest BCUT2D eigenvalue weighted by Gasteiger charge is 2.39. The summed E-state index contributed by atoms with van der Waals surface area (Å²) in [6.45, 7) is -0.325. The molecule has 0 spiro atoms. The van der Waals surface area contributed by atoms with Crippen LogP contribution < -0.4 is 0 Å². The van der Waals surface area contributed by atoms with E-state index in [9.17, 15) is 22.5 Å². The summed E-state index contributed by atoms with van der Waals surface area (Å²) in [4.78, 5) is 3.14. The molecule has 1 aromatic rings. The zero-order valence-corrected chi connectivity index (χ0v) is 12.2. The maximum atomic E-state index is 12.5. The molecule has 0 aliphatic carbocycles. The van der Waals surface area contributed by atoms with Gasteiger partial charge in [0.15, 0.2) is 0 Å². The van der Waals surface area contributed by atoms with Crippen molar-refractivity contribution in [3.05, 3.63) is 23.0 Å². The van der Waals surface area contributed by atoms with Gasteiger partial charge >= 0.3 is 6.18 Å². The van der Waals surface area contributed by atoms with Crippen molar-refractivity contribution >= 4 is 22.6 Å². The fourth-order valence-electron chi connectivity index (χ4n) is 1.94. The van der Waals surface area contributed by atoms with Crippen LogP contribution in [0.25, 0.3) is 0 Å². The van der Waals surface area contributed by atoms with Gasteiger partial charge in [-0.1, -0.05) is 11.6 Å². The van der Waals surface area contributed by atoms with E-state index >= 15 is 0 Å². The number of pyridine rings is 1. The van der Waals surface area contributed by atoms with Crippen molar-refractivity contribution in [2.24, 2.45) is 0 Å². The predicted octanol–water partition coefficient (Wildman–Crippen LogP) is 1.21. The summed E-state index contributed by atoms with van der Waals surface area (Å²) in [5.74, 6) is 0. The zero-order valence-electron chi connectivity index (χ0n) is 10.6. The van der Waals surface area contributed by atoms with Gasteiger partial charge in [-0.15, -0.1) is 0 Å². The molecule has 0 radical (unpaired) electrons. The van der Waals surface area contributed by atoms with Gasteiger partial charge in [0.2, 0.25) is 0 Å². The molecule has 1 aliphatic rings. The first-order chi connectivity index (χ1) is 9.66. The maximum absolute atomic E-state index is 12.5. The Bertz CT molecular complexity index is 572. The van der Waals surface area contributed by atoms with Crippen molar-refractivity contribution in [2.45, 2.75) is 23.1 Å². The van der Waals surface area contributed by atoms with Crippen LogP contribution in [0.15, 0.2) is 17.0 Å². The first-order valence-electron chi connectivity index (χ1n) is 5.90. The van der Waals surface area contributed by atoms with Crippen molar-refractivity contribution in [3.63, 3.8) is 0 Å². The van der Waals surface area contributed by atoms with Gasteiger partial charge in [-0.25, -0.2) is 13.5 Å². The van der Waals surface area contributed by atoms with E-state index in [-0.39, 0.29) is 24.4 Å². The van der Waals surface area contributed by atoms with Crippen LogP contribution in [-0.2, 0) is 17.2 Å². The Kier molecular flexibility index (Phi) is 4.60. The SMILES string of the molecule is O=S(c1ccc(C(F)(F)F)nc1Cl)N1CCC(O)(CO)C1. The highest BCUT2D eigenvalue weighted by atomic mass is 35.5. The van der Waals surface area contributed by atoms with E-state index in [4.69, 9.17) is 16.7 Å². The summed E-state index contributed by atoms with van der Waals surface area (Å²) < 4.78 is 51.0. The lowest BCUT2D eigenvalue weighted by Crippen LogP contribution is -2.37. The van der Waals surface area contributed by atoms with Crippen molar-refractivity contribution < 1.29 is 27.6 Å². The summed E-state index contributed by atoms with van der Waals surface area (Å²) >= 11 is 5.67. The third kappa shape index (κ3) is 3.54. The van der Waals surface area contributed by atoms with Crippen LogP contribution in [-0.4, -0.2) is 49.0 Å². The van der Waals surface area contributed by atoms with E-state index in [1.165, 1.54) is 4.31 Å². The maximum Gasteiger partial charge on any atom is 0.433 e. The van der Waals surface area contributed by atoms with Gasteiger partial charge in [0.25, 0.3) is 0 Å². The van der Waals surface area contributed by atoms with Crippen LogP contribution >= 0.6 is 11.6 Å². The van der Waals surface area contributed by atoms with Crippen LogP contribution in [0.1, 0.15) is 12.1 Å². The Morgan fingerprint density at radius 3 is 2.62 bits per heavy atom. The molecule has 0 aromatic carbocycles. The topological polar surface area (TPSA) is 73.7 Å². The third-order valence-corrected chi connectivity index (χ3v) is 5.01. The van der Waals surface area contributed by atoms with E-state index in [1.807, 2.05) is 0 Å². The average molecular weight is 345 g/mol. The molecule has 5 nitrogen and oxygen atoms in total. The van der Waals surface area contributed by atoms with Crippen LogP contribution in [0, 0.1) is 0 Å². The minimum Gasteiger partial charge on any atom is -0.393 e. The van der Waals surface area contributed by atoms with Crippen LogP contribution in [0.2, 0.25) is 5.15 Å². The first-order valence-corrected chi connectivity index (χ1v) is 7.38. The Labute approximate surface area is 125 Å². The second kappa shape index (κ2) is 5.81. The number of hydrogen-bond acceptors (Lipinski definition) is 4. The Morgan fingerprint density at radius 2 is 2.14 bits per heavy atom. The summed E-state index contributed by atoms with van der Waals surface area (Å²) in [5, 5.41) is 18.4. The van der Waals surface area contributed by atoms with Crippen molar-refractivity contribution in [3.8, 4) is 0 Å². The molecule has 2 rings (SSSR count). The molecule has 1 saturated heterocycles. The monoisotopic (exact) mass is 344 g/mol. The van der Waals surface area contributed by atoms with Gasteiger partial charge in [0.1, 0.15) is 27.4 Å². The molecule has 0 bridgehead atoms. The average Bonchev–Trinajstić information content (AvgIpc) is 2.80. The van der Waals surface area contributed by atoms with Crippen LogP contribution in [0.4, 0.5) is 13.2 Å². The van der Waals surface area contributed by atoms with Gasteiger partial charge in [-0.3, -0.25) is 0 Å². The quantitative estimate of drug-likeness (QED) is 0.808. The van der Waals surface area contributed by atoms with Crippen LogP contribution in [0.3, 0.4) is 0 Å². The molecule has 21 heavy (non-hydrogen) atoms. The highest BCUT2D eigenvalue weighted by molar-refractivity contribution is 7.82. The minimum atomic E-state index is -4.63. The number of nitrogens with zero attached hydrogens (tertiary/aromatic N) is 2. The van der Waals surface area contributed by atoms with Crippen molar-refractivity contribution in [2.75, 3.05) is 19.7 Å². The second-order valence-electron chi connectivity index (χ2n) is 4.73. The number of aromatic nitrogens is 1. The number of rotatable bonds is 3. The molecule has 2 heterocycles. The standard InChI is InChI=1S/C11H12ClF3N2O3S/c12-9-7(1-2-8(16-9)11(13,14)15)21(20)17-4-3-10(19,5-17)6-18/h1-2,18-19H,3-6H2. The molecular formula is C11H12ClF3N2O3S. The molecule has 2 N–H and O–H groups in total. The molecule has 1 aromatic heterocycles. The Morgan fingerprint density at radius 1 is 1.48 bits per heavy atom. The predicted molar refractivity (Wildman–Crippen MR) is 68.9 cm³/mol. The molecule has 0 amide bonds. The molecule has 1 fully saturated rings. The normalized spacial score (nSPS) is 25.2. The number of aliphatic hydroxyl groups is 2. The van der Waals surface area contributed by atoms with Gasteiger partial charge < -0.3 is 10.2 Å². The van der Waals surface area contributed by atoms with Crippen molar-refractivity contribution in [1.29, 1.82) is 0 Å². The summed E-state index contributed by atoms with van der Waals surface area (Å²) in [6, 6.07) is 1.71. The lowest BCUT2D eigenvalue weighted by atomic mass is 10.1. The number of alkyl halides is 3. The third-order valence-electron chi connectivity index (χ3n) is 3.12. The number of hydrogen-bond donors (Lipinski definition) is 2. The van der Waals surface area contributed by atoms with E-state index in [0.29, 0.717) is 6.07 Å². The van der Waals surface area contributed by atoms with E-state index in [1.54, 1.807) is 0 Å². The fraction of sp³-hybridized carbons (Fsp3) is 0.545. The molecule has 2 atom stereocenters. The van der Waals surface area contributed by atoms with Gasteiger partial charge in [0, 0.05) is 13.1 Å². The molecule has 0 saturated carbocycles. The Hall–Kier alpha value is -0.740. The number of halogens is 4. The van der Waals surface area contributed by atoms with Gasteiger partial charge in [-0.05, 0) is 18.6 Å². The summed E-state index contributed by atoms with van der Waals surface area (Å²) in [5.41, 5.74) is -2.52. The lowest BCUT2D eigenvalue weighted by molar-refractivity contribution is -0.141. The summed E-state index contributed by atoms with van der Waals surface area (Å²) in [7, 11) is -1.85. The van der Waals surface area contributed by atoms with Gasteiger partial charge in [-0.2, -0.15) is 13.2 Å². The van der Waals surface area contributed by atoms with E-state index in [2.05, 4.69) is 4.98 Å². The lowest BCUT2D eigenvalue weighted by Gasteiger charge is -2.20. The van der Waals surface area contributed by atoms with Crippen LogP contribution in [0.5, 0.6) is 0 Å². The number of β-amino-alcohol motifs (C(OH)–C–C–N with tert-alkyl or cyclic N) is 1. The second-order valence-corrected chi connectivity index (χ2v) is 6.54. The van der Waals surface area contributed by atoms with E-state index in [0.717, 1.165) is 6.07 Å². The highest BCUT2D eigenvalue weighted by Crippen LogP contribution is 2.32. The molecular weight excluding hydrogens is 333 g/mol. The van der Waals surface area contributed by atoms with Gasteiger partial charge in [0.05, 0.1) is 11.5 Å². The summed E-state index contributed by atoms with van der Waals surface area (Å²) in [6.07, 6.45) is -4.42. The van der Waals surface area contributed by atoms with Crippen molar-refractivity contribution in [1.82, 2.24) is 9.29 Å². The molecule has 10 heteroatoms. The molecule has 118 valence electrons. The van der Waals surface area contributed by atoms with E-state index < -0.39 is 40.2 Å². The minimum absolute atomic E-state index is 0.0620. The zero-order chi connectivity index (χ0) is 15.8.